The Morgan fingerprint density at radius 3 is 2.43 bits per heavy atom. The zero-order chi connectivity index (χ0) is 35.9. The van der Waals surface area contributed by atoms with Gasteiger partial charge in [0.15, 0.2) is 11.4 Å². The van der Waals surface area contributed by atoms with E-state index >= 15 is 0 Å². The van der Waals surface area contributed by atoms with Crippen LogP contribution in [0.15, 0.2) is 94.9 Å². The average molecular weight is 714 g/mol. The molecule has 1 aliphatic carbocycles. The summed E-state index contributed by atoms with van der Waals surface area (Å²) in [6.07, 6.45) is 7.46. The van der Waals surface area contributed by atoms with Crippen molar-refractivity contribution in [3.05, 3.63) is 129 Å². The predicted octanol–water partition coefficient (Wildman–Crippen LogP) is 5.66. The number of imidazole rings is 1. The van der Waals surface area contributed by atoms with Crippen molar-refractivity contribution in [1.29, 1.82) is 0 Å². The van der Waals surface area contributed by atoms with E-state index in [9.17, 15) is 31.6 Å². The lowest BCUT2D eigenvalue weighted by molar-refractivity contribution is 0.0938. The summed E-state index contributed by atoms with van der Waals surface area (Å²) in [6.45, 7) is 0.0268. The molecule has 51 heavy (non-hydrogen) atoms. The van der Waals surface area contributed by atoms with Gasteiger partial charge in [-0.05, 0) is 85.0 Å². The lowest BCUT2D eigenvalue weighted by Crippen LogP contribution is -2.43. The third kappa shape index (κ3) is 7.28. The Hall–Kier alpha value is -5.34. The Kier molecular flexibility index (Phi) is 9.21. The SMILES string of the molecule is CS(=O)(=O)OCCc1ccc(-c2cccc(-n3c(=O)n(C4CCC(CC(=O)c5cn6cc(F)ccc6n5)CC4)c(=O)c4cc(F)cnc43)c2)cc1. The van der Waals surface area contributed by atoms with Crippen molar-refractivity contribution in [3.63, 3.8) is 0 Å². The Balaban J connectivity index is 1.14. The van der Waals surface area contributed by atoms with E-state index in [-0.39, 0.29) is 41.5 Å². The van der Waals surface area contributed by atoms with Crippen LogP contribution in [-0.2, 0) is 20.7 Å². The lowest BCUT2D eigenvalue weighted by Gasteiger charge is -2.29. The third-order valence-corrected chi connectivity index (χ3v) is 9.92. The van der Waals surface area contributed by atoms with Gasteiger partial charge < -0.3 is 4.40 Å². The van der Waals surface area contributed by atoms with Crippen LogP contribution in [0.25, 0.3) is 33.5 Å². The number of halogens is 2. The van der Waals surface area contributed by atoms with Crippen LogP contribution in [0.2, 0.25) is 0 Å². The molecule has 0 amide bonds. The molecule has 0 aliphatic heterocycles. The second-order valence-corrected chi connectivity index (χ2v) is 14.5. The molecule has 1 fully saturated rings. The van der Waals surface area contributed by atoms with Crippen LogP contribution in [0.4, 0.5) is 8.78 Å². The van der Waals surface area contributed by atoms with Crippen molar-refractivity contribution in [2.75, 3.05) is 12.9 Å². The van der Waals surface area contributed by atoms with Gasteiger partial charge >= 0.3 is 5.69 Å². The Morgan fingerprint density at radius 2 is 1.69 bits per heavy atom. The molecule has 6 aromatic rings. The van der Waals surface area contributed by atoms with Gasteiger partial charge in [-0.25, -0.2) is 28.1 Å². The fraction of sp³-hybridized carbons (Fsp3) is 0.270. The first-order valence-electron chi connectivity index (χ1n) is 16.5. The molecule has 7 rings (SSSR count). The molecule has 11 nitrogen and oxygen atoms in total. The second kappa shape index (κ2) is 13.8. The molecule has 0 N–H and O–H groups in total. The molecule has 0 radical (unpaired) electrons. The minimum absolute atomic E-state index is 0.00285. The normalized spacial score (nSPS) is 16.5. The molecular formula is C37H33F2N5O6S. The molecule has 4 heterocycles. The molecule has 0 spiro atoms. The molecule has 0 bridgehead atoms. The van der Waals surface area contributed by atoms with Crippen LogP contribution in [0.1, 0.15) is 54.2 Å². The van der Waals surface area contributed by atoms with E-state index in [1.165, 1.54) is 38.1 Å². The Labute approximate surface area is 290 Å². The molecule has 4 aromatic heterocycles. The van der Waals surface area contributed by atoms with Crippen LogP contribution < -0.4 is 11.2 Å². The van der Waals surface area contributed by atoms with Gasteiger partial charge in [-0.1, -0.05) is 36.4 Å². The summed E-state index contributed by atoms with van der Waals surface area (Å²) >= 11 is 0. The standard InChI is InChI=1S/C37H33F2N5O6S/c1-51(48,49)50-16-15-23-5-9-25(10-6-23)26-3-2-4-30(18-26)43-35-31(19-28(39)20-40-35)36(46)44(37(43)47)29-12-7-24(8-13-29)17-33(45)32-22-42-21-27(38)11-14-34(42)41-32/h2-6,9-11,14,18-22,24,29H,7-8,12-13,15-17H2,1H3. The fourth-order valence-electron chi connectivity index (χ4n) is 6.81. The molecule has 14 heteroatoms. The van der Waals surface area contributed by atoms with Gasteiger partial charge in [0, 0.05) is 24.9 Å². The summed E-state index contributed by atoms with van der Waals surface area (Å²) in [7, 11) is -3.53. The highest BCUT2D eigenvalue weighted by Crippen LogP contribution is 2.34. The maximum Gasteiger partial charge on any atom is 0.337 e. The second-order valence-electron chi connectivity index (χ2n) is 12.9. The van der Waals surface area contributed by atoms with Crippen LogP contribution >= 0.6 is 0 Å². The highest BCUT2D eigenvalue weighted by atomic mass is 32.2. The molecule has 262 valence electrons. The molecule has 2 aromatic carbocycles. The first kappa shape index (κ1) is 34.1. The van der Waals surface area contributed by atoms with Crippen LogP contribution in [0, 0.1) is 17.6 Å². The van der Waals surface area contributed by atoms with Crippen LogP contribution in [-0.4, -0.2) is 50.6 Å². The molecule has 1 saturated carbocycles. The van der Waals surface area contributed by atoms with Gasteiger partial charge in [0.2, 0.25) is 0 Å². The van der Waals surface area contributed by atoms with Crippen molar-refractivity contribution < 1.29 is 26.2 Å². The van der Waals surface area contributed by atoms with Crippen LogP contribution in [0.5, 0.6) is 0 Å². The van der Waals surface area contributed by atoms with Crippen molar-refractivity contribution in [1.82, 2.24) is 23.5 Å². The van der Waals surface area contributed by atoms with Crippen LogP contribution in [0.3, 0.4) is 0 Å². The van der Waals surface area contributed by atoms with Crippen molar-refractivity contribution >= 4 is 32.6 Å². The molecule has 0 atom stereocenters. The number of rotatable bonds is 10. The lowest BCUT2D eigenvalue weighted by atomic mass is 9.82. The third-order valence-electron chi connectivity index (χ3n) is 9.33. The zero-order valence-corrected chi connectivity index (χ0v) is 28.4. The van der Waals surface area contributed by atoms with E-state index in [2.05, 4.69) is 9.97 Å². The summed E-state index contributed by atoms with van der Waals surface area (Å²) in [6, 6.07) is 18.0. The van der Waals surface area contributed by atoms with E-state index in [0.29, 0.717) is 43.4 Å². The molecule has 1 aliphatic rings. The topological polar surface area (TPSA) is 135 Å². The number of fused-ring (bicyclic) bond motifs is 2. The van der Waals surface area contributed by atoms with Gasteiger partial charge in [0.05, 0.1) is 30.1 Å². The fourth-order valence-corrected chi connectivity index (χ4v) is 7.20. The number of benzene rings is 2. The van der Waals surface area contributed by atoms with Gasteiger partial charge in [-0.15, -0.1) is 0 Å². The van der Waals surface area contributed by atoms with Gasteiger partial charge in [-0.3, -0.25) is 18.3 Å². The average Bonchev–Trinajstić information content (AvgIpc) is 3.53. The number of Topliss-reactive ketones (excluding diaryl/α,β-unsaturated/α-hetero) is 1. The smallest absolute Gasteiger partial charge is 0.303 e. The monoisotopic (exact) mass is 713 g/mol. The number of hydrogen-bond acceptors (Lipinski definition) is 8. The van der Waals surface area contributed by atoms with Crippen molar-refractivity contribution in [2.24, 2.45) is 5.92 Å². The molecule has 0 unspecified atom stereocenters. The summed E-state index contributed by atoms with van der Waals surface area (Å²) < 4.78 is 59.5. The molecular weight excluding hydrogens is 680 g/mol. The quantitative estimate of drug-likeness (QED) is 0.131. The van der Waals surface area contributed by atoms with Crippen molar-refractivity contribution in [3.8, 4) is 16.8 Å². The predicted molar refractivity (Wildman–Crippen MR) is 187 cm³/mol. The summed E-state index contributed by atoms with van der Waals surface area (Å²) in [4.78, 5) is 49.6. The van der Waals surface area contributed by atoms with E-state index < -0.39 is 39.0 Å². The number of pyridine rings is 2. The van der Waals surface area contributed by atoms with E-state index in [0.717, 1.165) is 35.2 Å². The number of hydrogen-bond donors (Lipinski definition) is 0. The maximum atomic E-state index is 14.5. The van der Waals surface area contributed by atoms with Gasteiger partial charge in [-0.2, -0.15) is 8.42 Å². The molecule has 0 saturated heterocycles. The number of aromatic nitrogens is 5. The summed E-state index contributed by atoms with van der Waals surface area (Å²) in [5.74, 6) is -1.30. The van der Waals surface area contributed by atoms with E-state index in [1.54, 1.807) is 18.2 Å². The summed E-state index contributed by atoms with van der Waals surface area (Å²) in [5.41, 5.74) is 2.46. The highest BCUT2D eigenvalue weighted by molar-refractivity contribution is 7.85. The highest BCUT2D eigenvalue weighted by Gasteiger charge is 2.29. The Morgan fingerprint density at radius 1 is 0.922 bits per heavy atom. The van der Waals surface area contributed by atoms with Gasteiger partial charge in [0.1, 0.15) is 23.0 Å². The zero-order valence-electron chi connectivity index (χ0n) is 27.5. The first-order chi connectivity index (χ1) is 24.4. The number of nitrogens with zero attached hydrogens (tertiary/aromatic N) is 5. The van der Waals surface area contributed by atoms with Crippen molar-refractivity contribution in [2.45, 2.75) is 44.6 Å². The number of ketones is 1. The van der Waals surface area contributed by atoms with Gasteiger partial charge in [0.25, 0.3) is 15.7 Å². The minimum atomic E-state index is -3.53. The number of carbonyl (C=O) groups excluding carboxylic acids is 1. The van der Waals surface area contributed by atoms with E-state index in [4.69, 9.17) is 4.18 Å². The number of carbonyl (C=O) groups is 1. The minimum Gasteiger partial charge on any atom is -0.303 e. The first-order valence-corrected chi connectivity index (χ1v) is 18.3. The summed E-state index contributed by atoms with van der Waals surface area (Å²) in [5, 5.41) is -0.0266. The largest absolute Gasteiger partial charge is 0.337 e. The Bertz CT molecular complexity index is 2520. The maximum absolute atomic E-state index is 14.5. The van der Waals surface area contributed by atoms with E-state index in [1.807, 2.05) is 30.3 Å².